The van der Waals surface area contributed by atoms with Crippen LogP contribution in [0.3, 0.4) is 0 Å². The molecule has 0 aromatic rings. The van der Waals surface area contributed by atoms with E-state index in [1.54, 1.807) is 0 Å². The van der Waals surface area contributed by atoms with Gasteiger partial charge in [0.05, 0.1) is 5.82 Å². The van der Waals surface area contributed by atoms with Crippen LogP contribution in [0.25, 0.3) is 0 Å². The van der Waals surface area contributed by atoms with Crippen LogP contribution in [-0.4, -0.2) is 6.04 Å². The Labute approximate surface area is 61.8 Å². The fourth-order valence-corrected chi connectivity index (χ4v) is 1.08. The van der Waals surface area contributed by atoms with Gasteiger partial charge in [-0.25, -0.2) is 0 Å². The highest BCUT2D eigenvalue weighted by molar-refractivity contribution is 5.17. The Morgan fingerprint density at radius 3 is 3.10 bits per heavy atom. The van der Waals surface area contributed by atoms with Crippen LogP contribution in [0, 0.1) is 0 Å². The van der Waals surface area contributed by atoms with E-state index in [2.05, 4.69) is 18.3 Å². The van der Waals surface area contributed by atoms with Crippen LogP contribution in [0.1, 0.15) is 19.8 Å². The molecular weight excluding hydrogens is 124 g/mol. The maximum Gasteiger partial charge on any atom is 0.0964 e. The molecule has 0 aromatic heterocycles. The van der Waals surface area contributed by atoms with E-state index in [0.29, 0.717) is 6.04 Å². The third kappa shape index (κ3) is 1.79. The number of hydrogen-bond acceptors (Lipinski definition) is 2. The monoisotopic (exact) mass is 138 g/mol. The molecule has 1 atom stereocenters. The quantitative estimate of drug-likeness (QED) is 0.600. The van der Waals surface area contributed by atoms with Gasteiger partial charge in [-0.3, -0.25) is 0 Å². The summed E-state index contributed by atoms with van der Waals surface area (Å²) in [5.41, 5.74) is 5.55. The Morgan fingerprint density at radius 2 is 2.50 bits per heavy atom. The summed E-state index contributed by atoms with van der Waals surface area (Å²) in [5.74, 6) is 0.779. The van der Waals surface area contributed by atoms with Crippen molar-refractivity contribution in [2.45, 2.75) is 25.8 Å². The van der Waals surface area contributed by atoms with Crippen LogP contribution in [0.2, 0.25) is 0 Å². The second-order valence-electron chi connectivity index (χ2n) is 2.55. The number of nitrogens with two attached hydrogens (primary N) is 1. The fourth-order valence-electron chi connectivity index (χ4n) is 1.08. The van der Waals surface area contributed by atoms with Crippen LogP contribution in [0.15, 0.2) is 24.0 Å². The molecule has 0 aliphatic carbocycles. The number of nitrogens with one attached hydrogen (secondary N) is 1. The van der Waals surface area contributed by atoms with E-state index in [9.17, 15) is 0 Å². The van der Waals surface area contributed by atoms with Gasteiger partial charge in [0, 0.05) is 6.04 Å². The highest BCUT2D eigenvalue weighted by Gasteiger charge is 2.04. The smallest absolute Gasteiger partial charge is 0.0964 e. The average Bonchev–Trinajstić information content (AvgIpc) is 1.88. The van der Waals surface area contributed by atoms with E-state index in [4.69, 9.17) is 5.73 Å². The molecule has 1 aliphatic heterocycles. The molecule has 0 bridgehead atoms. The maximum absolute atomic E-state index is 5.55. The van der Waals surface area contributed by atoms with Crippen LogP contribution >= 0.6 is 0 Å². The van der Waals surface area contributed by atoms with Crippen molar-refractivity contribution in [3.05, 3.63) is 24.0 Å². The van der Waals surface area contributed by atoms with Crippen molar-refractivity contribution in [2.75, 3.05) is 0 Å². The summed E-state index contributed by atoms with van der Waals surface area (Å²) in [7, 11) is 0. The van der Waals surface area contributed by atoms with Crippen molar-refractivity contribution < 1.29 is 0 Å². The van der Waals surface area contributed by atoms with Crippen molar-refractivity contribution in [1.82, 2.24) is 5.32 Å². The predicted octanol–water partition coefficient (Wildman–Crippen LogP) is 1.11. The molecule has 2 heteroatoms. The Balaban J connectivity index is 2.39. The van der Waals surface area contributed by atoms with E-state index in [-0.39, 0.29) is 0 Å². The molecule has 0 radical (unpaired) electrons. The zero-order valence-corrected chi connectivity index (χ0v) is 6.30. The Hall–Kier alpha value is -0.920. The van der Waals surface area contributed by atoms with E-state index in [1.807, 2.05) is 12.2 Å². The molecule has 0 aromatic carbocycles. The lowest BCUT2D eigenvalue weighted by Gasteiger charge is -2.17. The average molecular weight is 138 g/mol. The van der Waals surface area contributed by atoms with E-state index in [1.165, 1.54) is 6.42 Å². The van der Waals surface area contributed by atoms with Gasteiger partial charge in [-0.05, 0) is 12.5 Å². The molecule has 1 unspecified atom stereocenters. The summed E-state index contributed by atoms with van der Waals surface area (Å²) >= 11 is 0. The molecular formula is C8H14N2. The highest BCUT2D eigenvalue weighted by atomic mass is 15.0. The first kappa shape index (κ1) is 7.19. The lowest BCUT2D eigenvalue weighted by atomic mass is 10.1. The van der Waals surface area contributed by atoms with Crippen molar-refractivity contribution >= 4 is 0 Å². The predicted molar refractivity (Wildman–Crippen MR) is 43.2 cm³/mol. The van der Waals surface area contributed by atoms with Crippen LogP contribution in [0.5, 0.6) is 0 Å². The van der Waals surface area contributed by atoms with Gasteiger partial charge in [0.25, 0.3) is 0 Å². The molecule has 1 rings (SSSR count). The third-order valence-electron chi connectivity index (χ3n) is 1.57. The standard InChI is InChI=1S/C8H14N2/c1-2-4-7-5-3-6-8(9)10-7/h3,5-7,10H,2,4,9H2,1H3. The van der Waals surface area contributed by atoms with Gasteiger partial charge < -0.3 is 11.1 Å². The molecule has 2 nitrogen and oxygen atoms in total. The Bertz CT molecular complexity index is 159. The highest BCUT2D eigenvalue weighted by Crippen LogP contribution is 2.03. The fraction of sp³-hybridized carbons (Fsp3) is 0.500. The van der Waals surface area contributed by atoms with Gasteiger partial charge in [-0.2, -0.15) is 0 Å². The molecule has 3 N–H and O–H groups in total. The number of rotatable bonds is 2. The maximum atomic E-state index is 5.55. The van der Waals surface area contributed by atoms with Crippen molar-refractivity contribution in [3.63, 3.8) is 0 Å². The summed E-state index contributed by atoms with van der Waals surface area (Å²) in [6, 6.07) is 0.454. The van der Waals surface area contributed by atoms with Crippen molar-refractivity contribution in [3.8, 4) is 0 Å². The van der Waals surface area contributed by atoms with Gasteiger partial charge in [0.1, 0.15) is 0 Å². The largest absolute Gasteiger partial charge is 0.386 e. The SMILES string of the molecule is CCCC1C=CC=C(N)N1. The first-order valence-corrected chi connectivity index (χ1v) is 3.73. The molecule has 1 aliphatic rings. The minimum atomic E-state index is 0.454. The third-order valence-corrected chi connectivity index (χ3v) is 1.57. The van der Waals surface area contributed by atoms with Crippen molar-refractivity contribution in [2.24, 2.45) is 5.73 Å². The zero-order valence-electron chi connectivity index (χ0n) is 6.30. The van der Waals surface area contributed by atoms with E-state index < -0.39 is 0 Å². The normalized spacial score (nSPS) is 23.7. The number of hydrogen-bond donors (Lipinski definition) is 2. The van der Waals surface area contributed by atoms with Gasteiger partial charge >= 0.3 is 0 Å². The van der Waals surface area contributed by atoms with Crippen molar-refractivity contribution in [1.29, 1.82) is 0 Å². The lowest BCUT2D eigenvalue weighted by Crippen LogP contribution is -2.32. The Kier molecular flexibility index (Phi) is 2.37. The summed E-state index contributed by atoms with van der Waals surface area (Å²) in [6.45, 7) is 2.17. The first-order valence-electron chi connectivity index (χ1n) is 3.73. The summed E-state index contributed by atoms with van der Waals surface area (Å²) < 4.78 is 0. The van der Waals surface area contributed by atoms with Gasteiger partial charge in [0.15, 0.2) is 0 Å². The number of allylic oxidation sites excluding steroid dienone is 2. The summed E-state index contributed by atoms with van der Waals surface area (Å²) in [6.07, 6.45) is 8.37. The minimum Gasteiger partial charge on any atom is -0.386 e. The summed E-state index contributed by atoms with van der Waals surface area (Å²) in [5, 5.41) is 3.17. The second-order valence-corrected chi connectivity index (χ2v) is 2.55. The molecule has 0 amide bonds. The molecule has 0 saturated carbocycles. The molecule has 0 saturated heterocycles. The van der Waals surface area contributed by atoms with E-state index in [0.717, 1.165) is 12.2 Å². The van der Waals surface area contributed by atoms with Gasteiger partial charge in [-0.1, -0.05) is 25.5 Å². The second kappa shape index (κ2) is 3.30. The molecule has 1 heterocycles. The van der Waals surface area contributed by atoms with Crippen LogP contribution in [0.4, 0.5) is 0 Å². The van der Waals surface area contributed by atoms with Gasteiger partial charge in [0.2, 0.25) is 0 Å². The Morgan fingerprint density at radius 1 is 1.70 bits per heavy atom. The van der Waals surface area contributed by atoms with Crippen LogP contribution < -0.4 is 11.1 Å². The first-order chi connectivity index (χ1) is 4.83. The minimum absolute atomic E-state index is 0.454. The molecule has 0 spiro atoms. The molecule has 10 heavy (non-hydrogen) atoms. The van der Waals surface area contributed by atoms with E-state index >= 15 is 0 Å². The summed E-state index contributed by atoms with van der Waals surface area (Å²) in [4.78, 5) is 0. The number of dihydropyridines is 1. The molecule has 0 fully saturated rings. The van der Waals surface area contributed by atoms with Crippen LogP contribution in [-0.2, 0) is 0 Å². The van der Waals surface area contributed by atoms with Gasteiger partial charge in [-0.15, -0.1) is 0 Å². The topological polar surface area (TPSA) is 38.0 Å². The lowest BCUT2D eigenvalue weighted by molar-refractivity contribution is 0.596. The molecule has 56 valence electrons. The zero-order chi connectivity index (χ0) is 7.40.